The van der Waals surface area contributed by atoms with Crippen LogP contribution in [0.15, 0.2) is 18.2 Å². The summed E-state index contributed by atoms with van der Waals surface area (Å²) in [6.45, 7) is 8.47. The summed E-state index contributed by atoms with van der Waals surface area (Å²) >= 11 is 0. The maximum atomic E-state index is 12.2. The fraction of sp³-hybridized carbons (Fsp3) is 0.500. The van der Waals surface area contributed by atoms with Crippen LogP contribution in [-0.2, 0) is 11.8 Å². The summed E-state index contributed by atoms with van der Waals surface area (Å²) in [5.74, 6) is 0.614. The van der Waals surface area contributed by atoms with Crippen molar-refractivity contribution in [1.29, 1.82) is 0 Å². The van der Waals surface area contributed by atoms with Gasteiger partial charge in [0.1, 0.15) is 0 Å². The summed E-state index contributed by atoms with van der Waals surface area (Å²) in [5, 5.41) is 8.28. The molecular formula is C16H24N4O2. The molecule has 0 saturated carbocycles. The molecule has 1 aromatic heterocycles. The van der Waals surface area contributed by atoms with E-state index in [-0.39, 0.29) is 6.03 Å². The van der Waals surface area contributed by atoms with Crippen molar-refractivity contribution in [3.63, 3.8) is 0 Å². The van der Waals surface area contributed by atoms with Crippen molar-refractivity contribution in [3.05, 3.63) is 23.8 Å². The Balaban J connectivity index is 0.000000847. The molecule has 120 valence electrons. The number of carbonyl (C=O) groups excluding carboxylic acids is 1. The molecule has 0 radical (unpaired) electrons. The first-order chi connectivity index (χ1) is 10.7. The molecule has 1 fully saturated rings. The number of benzene rings is 1. The molecule has 0 aliphatic carbocycles. The number of nitrogens with one attached hydrogen (secondary N) is 1. The van der Waals surface area contributed by atoms with Crippen LogP contribution in [0.4, 0.5) is 10.6 Å². The van der Waals surface area contributed by atoms with Gasteiger partial charge in [0.2, 0.25) is 0 Å². The van der Waals surface area contributed by atoms with Crippen LogP contribution in [0.25, 0.3) is 10.9 Å². The Morgan fingerprint density at radius 1 is 1.27 bits per heavy atom. The first-order valence-corrected chi connectivity index (χ1v) is 7.73. The second-order valence-corrected chi connectivity index (χ2v) is 4.97. The fourth-order valence-electron chi connectivity index (χ4n) is 2.57. The lowest BCUT2D eigenvalue weighted by Crippen LogP contribution is -2.43. The highest BCUT2D eigenvalue weighted by Crippen LogP contribution is 2.25. The van der Waals surface area contributed by atoms with Crippen molar-refractivity contribution in [2.75, 3.05) is 31.6 Å². The number of anilines is 1. The SMILES string of the molecule is CC.Cc1cccc2c(NC(=O)N3CCOCC3)nn(C)c12. The second kappa shape index (κ2) is 7.26. The molecule has 22 heavy (non-hydrogen) atoms. The zero-order chi connectivity index (χ0) is 16.1. The minimum Gasteiger partial charge on any atom is -0.378 e. The number of morpholine rings is 1. The average molecular weight is 304 g/mol. The number of carbonyl (C=O) groups is 1. The second-order valence-electron chi connectivity index (χ2n) is 4.97. The highest BCUT2D eigenvalue weighted by molar-refractivity contribution is 6.00. The zero-order valence-electron chi connectivity index (χ0n) is 13.7. The molecule has 6 heteroatoms. The Kier molecular flexibility index (Phi) is 5.38. The minimum absolute atomic E-state index is 0.116. The third-order valence-corrected chi connectivity index (χ3v) is 3.59. The molecular weight excluding hydrogens is 280 g/mol. The predicted molar refractivity (Wildman–Crippen MR) is 88.2 cm³/mol. The van der Waals surface area contributed by atoms with E-state index in [2.05, 4.69) is 10.4 Å². The summed E-state index contributed by atoms with van der Waals surface area (Å²) in [6, 6.07) is 5.88. The van der Waals surface area contributed by atoms with Gasteiger partial charge in [-0.15, -0.1) is 0 Å². The minimum atomic E-state index is -0.116. The molecule has 0 spiro atoms. The Bertz CT molecular complexity index is 645. The van der Waals surface area contributed by atoms with Crippen LogP contribution in [-0.4, -0.2) is 47.0 Å². The van der Waals surface area contributed by atoms with Crippen LogP contribution < -0.4 is 5.32 Å². The van der Waals surface area contributed by atoms with Gasteiger partial charge >= 0.3 is 6.03 Å². The Labute approximate surface area is 131 Å². The van der Waals surface area contributed by atoms with E-state index in [9.17, 15) is 4.79 Å². The molecule has 0 unspecified atom stereocenters. The van der Waals surface area contributed by atoms with Gasteiger partial charge in [-0.25, -0.2) is 4.79 Å². The van der Waals surface area contributed by atoms with Gasteiger partial charge in [0.25, 0.3) is 0 Å². The van der Waals surface area contributed by atoms with Crippen LogP contribution in [0, 0.1) is 6.92 Å². The number of nitrogens with zero attached hydrogens (tertiary/aromatic N) is 3. The van der Waals surface area contributed by atoms with Gasteiger partial charge in [0, 0.05) is 25.5 Å². The number of rotatable bonds is 1. The smallest absolute Gasteiger partial charge is 0.323 e. The number of para-hydroxylation sites is 1. The van der Waals surface area contributed by atoms with E-state index in [0.29, 0.717) is 32.1 Å². The van der Waals surface area contributed by atoms with E-state index in [1.54, 1.807) is 9.58 Å². The van der Waals surface area contributed by atoms with Crippen LogP contribution >= 0.6 is 0 Å². The molecule has 1 aliphatic heterocycles. The van der Waals surface area contributed by atoms with Crippen molar-refractivity contribution in [3.8, 4) is 0 Å². The summed E-state index contributed by atoms with van der Waals surface area (Å²) < 4.78 is 7.05. The summed E-state index contributed by atoms with van der Waals surface area (Å²) in [5.41, 5.74) is 2.19. The van der Waals surface area contributed by atoms with E-state index in [0.717, 1.165) is 16.5 Å². The number of fused-ring (bicyclic) bond motifs is 1. The van der Waals surface area contributed by atoms with Crippen molar-refractivity contribution in [2.45, 2.75) is 20.8 Å². The van der Waals surface area contributed by atoms with Gasteiger partial charge in [-0.1, -0.05) is 26.0 Å². The number of hydrogen-bond acceptors (Lipinski definition) is 3. The predicted octanol–water partition coefficient (Wildman–Crippen LogP) is 2.77. The van der Waals surface area contributed by atoms with Gasteiger partial charge in [-0.2, -0.15) is 5.10 Å². The lowest BCUT2D eigenvalue weighted by Gasteiger charge is -2.26. The first-order valence-electron chi connectivity index (χ1n) is 7.73. The Hall–Kier alpha value is -2.08. The van der Waals surface area contributed by atoms with Crippen LogP contribution in [0.2, 0.25) is 0 Å². The van der Waals surface area contributed by atoms with E-state index >= 15 is 0 Å². The van der Waals surface area contributed by atoms with E-state index in [1.165, 1.54) is 0 Å². The average Bonchev–Trinajstić information content (AvgIpc) is 2.87. The molecule has 3 rings (SSSR count). The fourth-order valence-corrected chi connectivity index (χ4v) is 2.57. The number of urea groups is 1. The maximum absolute atomic E-state index is 12.2. The standard InChI is InChI=1S/C14H18N4O2.C2H6/c1-10-4-3-5-11-12(10)17(2)16-13(11)15-14(19)18-6-8-20-9-7-18;1-2/h3-5H,6-9H2,1-2H3,(H,15,16,19);1-2H3. The topological polar surface area (TPSA) is 59.4 Å². The molecule has 2 heterocycles. The molecule has 6 nitrogen and oxygen atoms in total. The zero-order valence-corrected chi connectivity index (χ0v) is 13.7. The lowest BCUT2D eigenvalue weighted by molar-refractivity contribution is 0.0564. The number of aromatic nitrogens is 2. The molecule has 2 aromatic rings. The monoisotopic (exact) mass is 304 g/mol. The molecule has 0 atom stereocenters. The van der Waals surface area contributed by atoms with Crippen molar-refractivity contribution >= 4 is 22.8 Å². The summed E-state index contributed by atoms with van der Waals surface area (Å²) in [7, 11) is 1.89. The lowest BCUT2D eigenvalue weighted by atomic mass is 10.1. The van der Waals surface area contributed by atoms with Crippen LogP contribution in [0.5, 0.6) is 0 Å². The summed E-state index contributed by atoms with van der Waals surface area (Å²) in [4.78, 5) is 14.0. The Morgan fingerprint density at radius 3 is 2.64 bits per heavy atom. The number of hydrogen-bond donors (Lipinski definition) is 1. The van der Waals surface area contributed by atoms with E-state index in [1.807, 2.05) is 46.0 Å². The van der Waals surface area contributed by atoms with Gasteiger partial charge in [-0.05, 0) is 18.6 Å². The van der Waals surface area contributed by atoms with Gasteiger partial charge in [0.05, 0.1) is 18.7 Å². The van der Waals surface area contributed by atoms with Crippen LogP contribution in [0.3, 0.4) is 0 Å². The van der Waals surface area contributed by atoms with E-state index < -0.39 is 0 Å². The largest absolute Gasteiger partial charge is 0.378 e. The van der Waals surface area contributed by atoms with Gasteiger partial charge < -0.3 is 9.64 Å². The quantitative estimate of drug-likeness (QED) is 0.881. The van der Waals surface area contributed by atoms with E-state index in [4.69, 9.17) is 4.74 Å². The highest BCUT2D eigenvalue weighted by Gasteiger charge is 2.19. The van der Waals surface area contributed by atoms with Crippen molar-refractivity contribution in [1.82, 2.24) is 14.7 Å². The number of ether oxygens (including phenoxy) is 1. The number of amides is 2. The number of aryl methyl sites for hydroxylation is 2. The molecule has 0 bridgehead atoms. The molecule has 1 saturated heterocycles. The summed E-state index contributed by atoms with van der Waals surface area (Å²) in [6.07, 6.45) is 0. The third-order valence-electron chi connectivity index (χ3n) is 3.59. The highest BCUT2D eigenvalue weighted by atomic mass is 16.5. The normalized spacial score (nSPS) is 14.5. The molecule has 1 aliphatic rings. The molecule has 1 N–H and O–H groups in total. The van der Waals surface area contributed by atoms with Crippen LogP contribution in [0.1, 0.15) is 19.4 Å². The van der Waals surface area contributed by atoms with Crippen molar-refractivity contribution in [2.24, 2.45) is 7.05 Å². The molecule has 2 amide bonds. The Morgan fingerprint density at radius 2 is 1.95 bits per heavy atom. The maximum Gasteiger partial charge on any atom is 0.323 e. The van der Waals surface area contributed by atoms with Crippen molar-refractivity contribution < 1.29 is 9.53 Å². The van der Waals surface area contributed by atoms with Gasteiger partial charge in [0.15, 0.2) is 5.82 Å². The first kappa shape index (κ1) is 16.3. The third kappa shape index (κ3) is 3.22. The van der Waals surface area contributed by atoms with Gasteiger partial charge in [-0.3, -0.25) is 10.00 Å². The molecule has 1 aromatic carbocycles.